The average Bonchev–Trinajstić information content (AvgIpc) is 2.50. The number of nitrogens with two attached hydrogens (primary N) is 1. The Morgan fingerprint density at radius 1 is 1.40 bits per heavy atom. The highest BCUT2D eigenvalue weighted by molar-refractivity contribution is 6.30. The lowest BCUT2D eigenvalue weighted by molar-refractivity contribution is 0.609. The molecule has 0 saturated heterocycles. The SMILES string of the molecule is Cc1cc(N)nn1-c1cc(Cl)ccc1F. The van der Waals surface area contributed by atoms with E-state index in [1.54, 1.807) is 13.0 Å². The van der Waals surface area contributed by atoms with Crippen LogP contribution in [0.1, 0.15) is 5.69 Å². The zero-order chi connectivity index (χ0) is 11.0. The number of benzene rings is 1. The van der Waals surface area contributed by atoms with Gasteiger partial charge >= 0.3 is 0 Å². The third-order valence-electron chi connectivity index (χ3n) is 2.04. The van der Waals surface area contributed by atoms with Crippen LogP contribution >= 0.6 is 11.6 Å². The van der Waals surface area contributed by atoms with Crippen molar-refractivity contribution in [3.63, 3.8) is 0 Å². The van der Waals surface area contributed by atoms with E-state index >= 15 is 0 Å². The molecule has 0 aliphatic heterocycles. The van der Waals surface area contributed by atoms with Gasteiger partial charge in [0.15, 0.2) is 0 Å². The van der Waals surface area contributed by atoms with Gasteiger partial charge in [-0.1, -0.05) is 11.6 Å². The second-order valence-corrected chi connectivity index (χ2v) is 3.65. The molecular weight excluding hydrogens is 217 g/mol. The van der Waals surface area contributed by atoms with Gasteiger partial charge in [0, 0.05) is 16.8 Å². The summed E-state index contributed by atoms with van der Waals surface area (Å²) in [5.41, 5.74) is 6.58. The third kappa shape index (κ3) is 1.80. The maximum absolute atomic E-state index is 13.5. The fourth-order valence-corrected chi connectivity index (χ4v) is 1.56. The minimum absolute atomic E-state index is 0.302. The first-order valence-corrected chi connectivity index (χ1v) is 4.73. The van der Waals surface area contributed by atoms with E-state index in [2.05, 4.69) is 5.10 Å². The van der Waals surface area contributed by atoms with E-state index in [1.807, 2.05) is 0 Å². The molecule has 0 spiro atoms. The third-order valence-corrected chi connectivity index (χ3v) is 2.28. The summed E-state index contributed by atoms with van der Waals surface area (Å²) in [6.45, 7) is 1.80. The number of aryl methyl sites for hydroxylation is 1. The van der Waals surface area contributed by atoms with E-state index < -0.39 is 0 Å². The lowest BCUT2D eigenvalue weighted by Crippen LogP contribution is -2.02. The fourth-order valence-electron chi connectivity index (χ4n) is 1.39. The lowest BCUT2D eigenvalue weighted by atomic mass is 10.3. The Kier molecular flexibility index (Phi) is 2.36. The average molecular weight is 226 g/mol. The van der Waals surface area contributed by atoms with Crippen LogP contribution in [0, 0.1) is 12.7 Å². The van der Waals surface area contributed by atoms with Crippen molar-refractivity contribution in [1.82, 2.24) is 9.78 Å². The van der Waals surface area contributed by atoms with E-state index in [0.29, 0.717) is 16.5 Å². The predicted octanol–water partition coefficient (Wildman–Crippen LogP) is 2.56. The quantitative estimate of drug-likeness (QED) is 0.811. The van der Waals surface area contributed by atoms with E-state index in [-0.39, 0.29) is 5.82 Å². The standard InChI is InChI=1S/C10H9ClFN3/c1-6-4-10(13)14-15(6)9-5-7(11)2-3-8(9)12/h2-5H,1H3,(H2,13,14). The van der Waals surface area contributed by atoms with E-state index in [0.717, 1.165) is 5.69 Å². The van der Waals surface area contributed by atoms with Crippen LogP contribution in [0.2, 0.25) is 5.02 Å². The highest BCUT2D eigenvalue weighted by Crippen LogP contribution is 2.20. The highest BCUT2D eigenvalue weighted by atomic mass is 35.5. The van der Waals surface area contributed by atoms with Gasteiger partial charge in [-0.3, -0.25) is 0 Å². The van der Waals surface area contributed by atoms with Gasteiger partial charge in [-0.05, 0) is 25.1 Å². The molecule has 0 bridgehead atoms. The molecule has 0 aliphatic carbocycles. The molecule has 0 atom stereocenters. The number of aromatic nitrogens is 2. The second-order valence-electron chi connectivity index (χ2n) is 3.22. The molecule has 1 heterocycles. The molecule has 78 valence electrons. The molecule has 1 aromatic heterocycles. The Labute approximate surface area is 91.3 Å². The Hall–Kier alpha value is -1.55. The number of nitrogen functional groups attached to an aromatic ring is 1. The first kappa shape index (κ1) is 9.98. The zero-order valence-electron chi connectivity index (χ0n) is 8.04. The smallest absolute Gasteiger partial charge is 0.148 e. The summed E-state index contributed by atoms with van der Waals surface area (Å²) in [5.74, 6) is -0.0301. The second kappa shape index (κ2) is 3.55. The van der Waals surface area contributed by atoms with E-state index in [4.69, 9.17) is 17.3 Å². The van der Waals surface area contributed by atoms with Crippen LogP contribution in [-0.2, 0) is 0 Å². The van der Waals surface area contributed by atoms with E-state index in [9.17, 15) is 4.39 Å². The molecule has 2 N–H and O–H groups in total. The van der Waals surface area contributed by atoms with Crippen LogP contribution in [0.5, 0.6) is 0 Å². The Morgan fingerprint density at radius 2 is 2.13 bits per heavy atom. The number of hydrogen-bond donors (Lipinski definition) is 1. The van der Waals surface area contributed by atoms with Crippen molar-refractivity contribution in [2.24, 2.45) is 0 Å². The van der Waals surface area contributed by atoms with Gasteiger partial charge in [0.05, 0.1) is 0 Å². The molecule has 2 aromatic rings. The summed E-state index contributed by atoms with van der Waals surface area (Å²) < 4.78 is 14.9. The molecule has 0 amide bonds. The summed E-state index contributed by atoms with van der Waals surface area (Å²) in [7, 11) is 0. The number of hydrogen-bond acceptors (Lipinski definition) is 2. The van der Waals surface area contributed by atoms with Gasteiger partial charge in [0.25, 0.3) is 0 Å². The topological polar surface area (TPSA) is 43.8 Å². The summed E-state index contributed by atoms with van der Waals surface area (Å²) in [4.78, 5) is 0. The molecule has 0 unspecified atom stereocenters. The maximum Gasteiger partial charge on any atom is 0.148 e. The van der Waals surface area contributed by atoms with Crippen molar-refractivity contribution in [2.75, 3.05) is 5.73 Å². The van der Waals surface area contributed by atoms with Gasteiger partial charge < -0.3 is 5.73 Å². The number of nitrogens with zero attached hydrogens (tertiary/aromatic N) is 2. The van der Waals surface area contributed by atoms with Crippen LogP contribution < -0.4 is 5.73 Å². The Balaban J connectivity index is 2.62. The number of anilines is 1. The number of rotatable bonds is 1. The first-order chi connectivity index (χ1) is 7.08. The molecule has 15 heavy (non-hydrogen) atoms. The zero-order valence-corrected chi connectivity index (χ0v) is 8.79. The van der Waals surface area contributed by atoms with Crippen LogP contribution in [0.25, 0.3) is 5.69 Å². The van der Waals surface area contributed by atoms with Crippen molar-refractivity contribution < 1.29 is 4.39 Å². The summed E-state index contributed by atoms with van der Waals surface area (Å²) in [5, 5.41) is 4.44. The molecule has 0 fully saturated rings. The van der Waals surface area contributed by atoms with Gasteiger partial charge in [-0.25, -0.2) is 9.07 Å². The molecular formula is C10H9ClFN3. The number of halogens is 2. The molecule has 0 saturated carbocycles. The van der Waals surface area contributed by atoms with Gasteiger partial charge in [-0.2, -0.15) is 5.10 Å². The Morgan fingerprint density at radius 3 is 2.73 bits per heavy atom. The van der Waals surface area contributed by atoms with Crippen molar-refractivity contribution in [3.8, 4) is 5.69 Å². The normalized spacial score (nSPS) is 10.6. The van der Waals surface area contributed by atoms with Gasteiger partial charge in [-0.15, -0.1) is 0 Å². The van der Waals surface area contributed by atoms with Crippen LogP contribution in [0.3, 0.4) is 0 Å². The van der Waals surface area contributed by atoms with E-state index in [1.165, 1.54) is 22.9 Å². The maximum atomic E-state index is 13.5. The van der Waals surface area contributed by atoms with Crippen molar-refractivity contribution in [3.05, 3.63) is 40.8 Å². The first-order valence-electron chi connectivity index (χ1n) is 4.35. The van der Waals surface area contributed by atoms with Crippen molar-refractivity contribution in [1.29, 1.82) is 0 Å². The monoisotopic (exact) mass is 225 g/mol. The summed E-state index contributed by atoms with van der Waals surface area (Å²) in [6.07, 6.45) is 0. The van der Waals surface area contributed by atoms with Crippen molar-refractivity contribution >= 4 is 17.4 Å². The predicted molar refractivity (Wildman–Crippen MR) is 57.7 cm³/mol. The molecule has 0 radical (unpaired) electrons. The van der Waals surface area contributed by atoms with Crippen LogP contribution in [0.4, 0.5) is 10.2 Å². The summed E-state index contributed by atoms with van der Waals surface area (Å²) >= 11 is 5.79. The lowest BCUT2D eigenvalue weighted by Gasteiger charge is -2.05. The molecule has 5 heteroatoms. The highest BCUT2D eigenvalue weighted by Gasteiger charge is 2.09. The molecule has 2 rings (SSSR count). The molecule has 1 aromatic carbocycles. The minimum atomic E-state index is -0.384. The van der Waals surface area contributed by atoms with Crippen LogP contribution in [0.15, 0.2) is 24.3 Å². The van der Waals surface area contributed by atoms with Gasteiger partial charge in [0.2, 0.25) is 0 Å². The van der Waals surface area contributed by atoms with Gasteiger partial charge in [0.1, 0.15) is 17.3 Å². The largest absolute Gasteiger partial charge is 0.382 e. The molecule has 3 nitrogen and oxygen atoms in total. The van der Waals surface area contributed by atoms with Crippen LogP contribution in [-0.4, -0.2) is 9.78 Å². The summed E-state index contributed by atoms with van der Waals surface area (Å²) in [6, 6.07) is 5.97. The minimum Gasteiger partial charge on any atom is -0.382 e. The van der Waals surface area contributed by atoms with Crippen molar-refractivity contribution in [2.45, 2.75) is 6.92 Å². The fraction of sp³-hybridized carbons (Fsp3) is 0.100. The molecule has 0 aliphatic rings. The Bertz CT molecular complexity index is 507.